The van der Waals surface area contributed by atoms with Crippen LogP contribution in [0.25, 0.3) is 11.0 Å². The zero-order chi connectivity index (χ0) is 21.8. The Morgan fingerprint density at radius 1 is 1.26 bits per heavy atom. The molecule has 4 rings (SSSR count). The van der Waals surface area contributed by atoms with Crippen molar-refractivity contribution in [2.24, 2.45) is 5.92 Å². The van der Waals surface area contributed by atoms with Crippen molar-refractivity contribution in [1.29, 1.82) is 0 Å². The number of rotatable bonds is 7. The van der Waals surface area contributed by atoms with Crippen molar-refractivity contribution in [3.63, 3.8) is 0 Å². The Balaban J connectivity index is 1.59. The topological polar surface area (TPSA) is 69.0 Å². The summed E-state index contributed by atoms with van der Waals surface area (Å²) in [6.07, 6.45) is 8.82. The van der Waals surface area contributed by atoms with Crippen LogP contribution >= 0.6 is 0 Å². The fourth-order valence-electron chi connectivity index (χ4n) is 4.27. The number of methoxy groups -OCH3 is 1. The number of ether oxygens (including phenoxy) is 1. The van der Waals surface area contributed by atoms with E-state index >= 15 is 0 Å². The maximum atomic E-state index is 13.2. The van der Waals surface area contributed by atoms with Crippen LogP contribution in [0, 0.1) is 5.92 Å². The van der Waals surface area contributed by atoms with Crippen LogP contribution in [-0.2, 0) is 13.1 Å². The molecule has 31 heavy (non-hydrogen) atoms. The zero-order valence-corrected chi connectivity index (χ0v) is 20.3. The third kappa shape index (κ3) is 4.95. The Bertz CT molecular complexity index is 1050. The van der Waals surface area contributed by atoms with Gasteiger partial charge in [-0.2, -0.15) is 0 Å². The average molecular weight is 481 g/mol. The fraction of sp³-hybridized carbons (Fsp3) is 0.458. The molecule has 1 aliphatic rings. The number of amides is 1. The number of hydrogen-bond donors (Lipinski definition) is 1. The molecule has 1 radical (unpaired) electrons. The van der Waals surface area contributed by atoms with Gasteiger partial charge >= 0.3 is 191 Å². The minimum absolute atomic E-state index is 0.0522. The van der Waals surface area contributed by atoms with Gasteiger partial charge < -0.3 is 0 Å². The maximum absolute atomic E-state index is 13.2. The SMILES string of the molecule is CCn1ncc2c([As]C3CCCC(C)C3)c(C(=O)NCc3ccc(OC)cc3)cnc21. The number of aryl methyl sites for hydroxylation is 1. The Kier molecular flexibility index (Phi) is 6.96. The van der Waals surface area contributed by atoms with Crippen molar-refractivity contribution in [3.8, 4) is 5.75 Å². The summed E-state index contributed by atoms with van der Waals surface area (Å²) in [5.41, 5.74) is 2.65. The zero-order valence-electron chi connectivity index (χ0n) is 18.5. The first-order valence-electron chi connectivity index (χ1n) is 11.1. The molecule has 1 aliphatic carbocycles. The van der Waals surface area contributed by atoms with Crippen LogP contribution in [0.15, 0.2) is 36.7 Å². The second-order valence-corrected chi connectivity index (χ2v) is 11.3. The normalized spacial score (nSPS) is 19.2. The number of fused-ring (bicyclic) bond motifs is 1. The van der Waals surface area contributed by atoms with Crippen LogP contribution in [0.1, 0.15) is 55.5 Å². The predicted molar refractivity (Wildman–Crippen MR) is 124 cm³/mol. The summed E-state index contributed by atoms with van der Waals surface area (Å²) in [7, 11) is 1.65. The summed E-state index contributed by atoms with van der Waals surface area (Å²) in [6.45, 7) is 5.67. The standard InChI is InChI=1S/C24H30AsN4O2/c1-4-29-23-20(15-28-29)22(25-18-7-5-6-16(2)12-18)21(14-26-23)24(30)27-13-17-8-10-19(31-3)11-9-17/h8-11,14-16,18H,4-7,12-13H2,1-3H3,(H,27,30). The van der Waals surface area contributed by atoms with E-state index in [1.54, 1.807) is 13.3 Å². The van der Waals surface area contributed by atoms with Gasteiger partial charge in [-0.15, -0.1) is 0 Å². The van der Waals surface area contributed by atoms with E-state index in [0.29, 0.717) is 11.3 Å². The van der Waals surface area contributed by atoms with Gasteiger partial charge in [0.2, 0.25) is 0 Å². The molecule has 2 heterocycles. The van der Waals surface area contributed by atoms with E-state index in [1.165, 1.54) is 30.0 Å². The monoisotopic (exact) mass is 481 g/mol. The molecule has 2 atom stereocenters. The second-order valence-electron chi connectivity index (χ2n) is 8.30. The number of benzene rings is 1. The molecule has 0 bridgehead atoms. The molecular weight excluding hydrogens is 451 g/mol. The van der Waals surface area contributed by atoms with Gasteiger partial charge in [0.15, 0.2) is 0 Å². The number of nitrogens with one attached hydrogen (secondary N) is 1. The Morgan fingerprint density at radius 3 is 2.77 bits per heavy atom. The molecule has 0 spiro atoms. The summed E-state index contributed by atoms with van der Waals surface area (Å²) >= 11 is -0.135. The van der Waals surface area contributed by atoms with Crippen LogP contribution in [0.3, 0.4) is 0 Å². The van der Waals surface area contributed by atoms with Crippen molar-refractivity contribution >= 4 is 37.0 Å². The first kappa shape index (κ1) is 21.9. The second kappa shape index (κ2) is 9.86. The molecule has 1 fully saturated rings. The Morgan fingerprint density at radius 2 is 2.06 bits per heavy atom. The van der Waals surface area contributed by atoms with Gasteiger partial charge in [0.25, 0.3) is 0 Å². The van der Waals surface area contributed by atoms with Gasteiger partial charge in [-0.1, -0.05) is 0 Å². The molecule has 1 amide bonds. The Hall–Kier alpha value is -2.33. The van der Waals surface area contributed by atoms with E-state index in [4.69, 9.17) is 4.74 Å². The van der Waals surface area contributed by atoms with Gasteiger partial charge in [0.1, 0.15) is 0 Å². The first-order chi connectivity index (χ1) is 15.1. The van der Waals surface area contributed by atoms with Crippen LogP contribution in [-0.4, -0.2) is 43.5 Å². The summed E-state index contributed by atoms with van der Waals surface area (Å²) in [5, 5.41) is 8.66. The minimum atomic E-state index is -0.135. The van der Waals surface area contributed by atoms with Gasteiger partial charge in [-0.05, 0) is 0 Å². The van der Waals surface area contributed by atoms with E-state index in [9.17, 15) is 4.79 Å². The molecule has 7 heteroatoms. The first-order valence-corrected chi connectivity index (χ1v) is 13.1. The predicted octanol–water partition coefficient (Wildman–Crippen LogP) is 3.72. The van der Waals surface area contributed by atoms with Crippen LogP contribution in [0.5, 0.6) is 5.75 Å². The molecule has 1 saturated carbocycles. The fourth-order valence-corrected chi connectivity index (χ4v) is 7.92. The van der Waals surface area contributed by atoms with Crippen LogP contribution in [0.2, 0.25) is 4.71 Å². The number of carbonyl (C=O) groups is 1. The third-order valence-corrected chi connectivity index (χ3v) is 9.32. The van der Waals surface area contributed by atoms with Crippen molar-refractivity contribution in [2.75, 3.05) is 7.11 Å². The molecule has 0 saturated heterocycles. The van der Waals surface area contributed by atoms with Crippen molar-refractivity contribution in [2.45, 2.75) is 57.3 Å². The summed E-state index contributed by atoms with van der Waals surface area (Å²) in [6, 6.07) is 7.77. The number of aromatic nitrogens is 3. The van der Waals surface area contributed by atoms with E-state index in [0.717, 1.165) is 40.4 Å². The van der Waals surface area contributed by atoms with E-state index < -0.39 is 0 Å². The van der Waals surface area contributed by atoms with Crippen molar-refractivity contribution in [3.05, 3.63) is 47.8 Å². The molecule has 2 unspecified atom stereocenters. The molecule has 6 nitrogen and oxygen atoms in total. The molecule has 0 aliphatic heterocycles. The molecule has 1 N–H and O–H groups in total. The summed E-state index contributed by atoms with van der Waals surface area (Å²) in [5.74, 6) is 1.53. The number of hydrogen-bond acceptors (Lipinski definition) is 4. The third-order valence-electron chi connectivity index (χ3n) is 6.01. The summed E-state index contributed by atoms with van der Waals surface area (Å²) < 4.78 is 9.02. The van der Waals surface area contributed by atoms with E-state index in [1.807, 2.05) is 35.1 Å². The van der Waals surface area contributed by atoms with Crippen LogP contribution in [0.4, 0.5) is 0 Å². The summed E-state index contributed by atoms with van der Waals surface area (Å²) in [4.78, 5) is 17.8. The molecular formula is C24H30AsN4O2. The van der Waals surface area contributed by atoms with Crippen molar-refractivity contribution < 1.29 is 9.53 Å². The molecule has 2 aromatic heterocycles. The molecule has 1 aromatic carbocycles. The van der Waals surface area contributed by atoms with Gasteiger partial charge in [0.05, 0.1) is 0 Å². The van der Waals surface area contributed by atoms with Gasteiger partial charge in [-0.3, -0.25) is 0 Å². The number of pyridine rings is 1. The van der Waals surface area contributed by atoms with E-state index in [-0.39, 0.29) is 21.7 Å². The quantitative estimate of drug-likeness (QED) is 0.523. The van der Waals surface area contributed by atoms with Gasteiger partial charge in [0, 0.05) is 0 Å². The average Bonchev–Trinajstić information content (AvgIpc) is 3.22. The number of nitrogens with zero attached hydrogens (tertiary/aromatic N) is 3. The van der Waals surface area contributed by atoms with Crippen LogP contribution < -0.4 is 14.4 Å². The number of carbonyl (C=O) groups excluding carboxylic acids is 1. The van der Waals surface area contributed by atoms with Gasteiger partial charge in [-0.25, -0.2) is 0 Å². The van der Waals surface area contributed by atoms with E-state index in [2.05, 4.69) is 29.2 Å². The Labute approximate surface area is 190 Å². The van der Waals surface area contributed by atoms with Crippen molar-refractivity contribution in [1.82, 2.24) is 20.1 Å². The molecule has 163 valence electrons. The molecule has 3 aromatic rings.